The van der Waals surface area contributed by atoms with Crippen LogP contribution in [0, 0.1) is 0 Å². The highest BCUT2D eigenvalue weighted by atomic mass is 35.5. The predicted molar refractivity (Wildman–Crippen MR) is 64.7 cm³/mol. The summed E-state index contributed by atoms with van der Waals surface area (Å²) in [7, 11) is -3.28. The highest BCUT2D eigenvalue weighted by Gasteiger charge is 2.22. The fraction of sp³-hybridized carbons (Fsp3) is 0.455. The quantitative estimate of drug-likeness (QED) is 0.907. The minimum absolute atomic E-state index is 0.0729. The van der Waals surface area contributed by atoms with E-state index in [2.05, 4.69) is 0 Å². The summed E-state index contributed by atoms with van der Waals surface area (Å²) in [6.07, 6.45) is 1.13. The van der Waals surface area contributed by atoms with Crippen LogP contribution in [0.25, 0.3) is 0 Å². The Hall–Kier alpha value is -0.580. The highest BCUT2D eigenvalue weighted by Crippen LogP contribution is 2.28. The number of aliphatic hydroxyl groups excluding tert-OH is 1. The molecule has 0 aliphatic heterocycles. The number of benzene rings is 1. The molecule has 0 amide bonds. The van der Waals surface area contributed by atoms with Crippen molar-refractivity contribution in [2.75, 3.05) is 12.9 Å². The standard InChI is InChI=1S/C11H15ClO3S/c1-11(2,7-13)8-4-9(12)6-10(5-8)16(3,14)15/h4-6,13H,7H2,1-3H3. The van der Waals surface area contributed by atoms with E-state index < -0.39 is 15.3 Å². The van der Waals surface area contributed by atoms with Crippen LogP contribution in [0.3, 0.4) is 0 Å². The van der Waals surface area contributed by atoms with Gasteiger partial charge in [0.05, 0.1) is 11.5 Å². The predicted octanol–water partition coefficient (Wildman–Crippen LogP) is 2.01. The van der Waals surface area contributed by atoms with E-state index in [9.17, 15) is 13.5 Å². The van der Waals surface area contributed by atoms with E-state index >= 15 is 0 Å². The fourth-order valence-electron chi connectivity index (χ4n) is 1.26. The number of sulfone groups is 1. The number of rotatable bonds is 3. The van der Waals surface area contributed by atoms with Crippen LogP contribution in [0.4, 0.5) is 0 Å². The van der Waals surface area contributed by atoms with Gasteiger partial charge in [-0.1, -0.05) is 25.4 Å². The maximum Gasteiger partial charge on any atom is 0.175 e. The molecule has 3 nitrogen and oxygen atoms in total. The second-order valence-corrected chi connectivity index (χ2v) is 6.94. The van der Waals surface area contributed by atoms with E-state index in [1.807, 2.05) is 13.8 Å². The number of aliphatic hydroxyl groups is 1. The van der Waals surface area contributed by atoms with Gasteiger partial charge in [-0.15, -0.1) is 0 Å². The molecule has 1 rings (SSSR count). The van der Waals surface area contributed by atoms with Gasteiger partial charge in [0.2, 0.25) is 0 Å². The Bertz CT molecular complexity index is 492. The second kappa shape index (κ2) is 4.35. The molecule has 0 aromatic heterocycles. The summed E-state index contributed by atoms with van der Waals surface area (Å²) in [5, 5.41) is 9.60. The van der Waals surface area contributed by atoms with Crippen LogP contribution in [0.5, 0.6) is 0 Å². The molecule has 0 spiro atoms. The normalized spacial score (nSPS) is 12.8. The van der Waals surface area contributed by atoms with Crippen LogP contribution in [-0.2, 0) is 15.3 Å². The molecule has 1 N–H and O–H groups in total. The molecule has 5 heteroatoms. The molecule has 0 aliphatic rings. The first kappa shape index (κ1) is 13.5. The van der Waals surface area contributed by atoms with Gasteiger partial charge < -0.3 is 5.11 Å². The molecular formula is C11H15ClO3S. The SMILES string of the molecule is CC(C)(CO)c1cc(Cl)cc(S(C)(=O)=O)c1. The van der Waals surface area contributed by atoms with Crippen molar-refractivity contribution < 1.29 is 13.5 Å². The number of halogens is 1. The summed E-state index contributed by atoms with van der Waals surface area (Å²) in [4.78, 5) is 0.177. The molecular weight excluding hydrogens is 248 g/mol. The molecule has 0 saturated carbocycles. The molecule has 0 fully saturated rings. The van der Waals surface area contributed by atoms with Gasteiger partial charge >= 0.3 is 0 Å². The molecule has 1 aromatic carbocycles. The van der Waals surface area contributed by atoms with Gasteiger partial charge in [0.15, 0.2) is 9.84 Å². The summed E-state index contributed by atoms with van der Waals surface area (Å²) < 4.78 is 22.9. The zero-order valence-corrected chi connectivity index (χ0v) is 11.1. The van der Waals surface area contributed by atoms with E-state index in [1.165, 1.54) is 6.07 Å². The Morgan fingerprint density at radius 1 is 1.31 bits per heavy atom. The molecule has 0 radical (unpaired) electrons. The van der Waals surface area contributed by atoms with Gasteiger partial charge in [-0.25, -0.2) is 8.42 Å². The molecule has 1 aromatic rings. The Morgan fingerprint density at radius 2 is 1.88 bits per heavy atom. The van der Waals surface area contributed by atoms with E-state index in [4.69, 9.17) is 11.6 Å². The zero-order valence-electron chi connectivity index (χ0n) is 9.49. The first-order valence-electron chi connectivity index (χ1n) is 4.79. The monoisotopic (exact) mass is 262 g/mol. The molecule has 0 saturated heterocycles. The van der Waals surface area contributed by atoms with E-state index in [0.717, 1.165) is 6.26 Å². The Labute approximate surface area is 101 Å². The Balaban J connectivity index is 3.41. The van der Waals surface area contributed by atoms with Crippen LogP contribution >= 0.6 is 11.6 Å². The van der Waals surface area contributed by atoms with E-state index in [1.54, 1.807) is 12.1 Å². The van der Waals surface area contributed by atoms with Gasteiger partial charge in [0.25, 0.3) is 0 Å². The zero-order chi connectivity index (χ0) is 12.6. The Kier molecular flexibility index (Phi) is 3.67. The van der Waals surface area contributed by atoms with E-state index in [0.29, 0.717) is 10.6 Å². The molecule has 0 unspecified atom stereocenters. The smallest absolute Gasteiger partial charge is 0.175 e. The fourth-order valence-corrected chi connectivity index (χ4v) is 2.24. The minimum atomic E-state index is -3.28. The maximum absolute atomic E-state index is 11.4. The maximum atomic E-state index is 11.4. The average molecular weight is 263 g/mol. The summed E-state index contributed by atoms with van der Waals surface area (Å²) in [6, 6.07) is 4.64. The lowest BCUT2D eigenvalue weighted by Crippen LogP contribution is -2.22. The van der Waals surface area contributed by atoms with Crippen LogP contribution in [0.15, 0.2) is 23.1 Å². The highest BCUT2D eigenvalue weighted by molar-refractivity contribution is 7.90. The van der Waals surface area contributed by atoms with Crippen LogP contribution in [-0.4, -0.2) is 26.4 Å². The average Bonchev–Trinajstić information content (AvgIpc) is 2.15. The summed E-state index contributed by atoms with van der Waals surface area (Å²) in [5.74, 6) is 0. The van der Waals surface area contributed by atoms with E-state index in [-0.39, 0.29) is 11.5 Å². The molecule has 0 bridgehead atoms. The van der Waals surface area contributed by atoms with Gasteiger partial charge in [0, 0.05) is 16.7 Å². The molecule has 0 atom stereocenters. The second-order valence-electron chi connectivity index (χ2n) is 4.49. The third kappa shape index (κ3) is 2.97. The first-order chi connectivity index (χ1) is 7.16. The van der Waals surface area contributed by atoms with Crippen molar-refractivity contribution in [2.45, 2.75) is 24.2 Å². The number of hydrogen-bond acceptors (Lipinski definition) is 3. The van der Waals surface area contributed by atoms with Crippen molar-refractivity contribution in [2.24, 2.45) is 0 Å². The Morgan fingerprint density at radius 3 is 2.31 bits per heavy atom. The van der Waals surface area contributed by atoms with Crippen LogP contribution in [0.2, 0.25) is 5.02 Å². The van der Waals surface area contributed by atoms with Crippen molar-refractivity contribution >= 4 is 21.4 Å². The van der Waals surface area contributed by atoms with Gasteiger partial charge in [-0.2, -0.15) is 0 Å². The summed E-state index contributed by atoms with van der Waals surface area (Å²) >= 11 is 5.87. The van der Waals surface area contributed by atoms with Gasteiger partial charge in [0.1, 0.15) is 0 Å². The van der Waals surface area contributed by atoms with Crippen molar-refractivity contribution in [3.8, 4) is 0 Å². The lowest BCUT2D eigenvalue weighted by Gasteiger charge is -2.23. The van der Waals surface area contributed by atoms with Crippen LogP contribution in [0.1, 0.15) is 19.4 Å². The summed E-state index contributed by atoms with van der Waals surface area (Å²) in [6.45, 7) is 3.58. The third-order valence-electron chi connectivity index (χ3n) is 2.48. The lowest BCUT2D eigenvalue weighted by atomic mass is 9.86. The molecule has 0 aliphatic carbocycles. The minimum Gasteiger partial charge on any atom is -0.395 e. The molecule has 90 valence electrons. The lowest BCUT2D eigenvalue weighted by molar-refractivity contribution is 0.218. The van der Waals surface area contributed by atoms with Gasteiger partial charge in [-0.05, 0) is 23.8 Å². The molecule has 16 heavy (non-hydrogen) atoms. The number of hydrogen-bond donors (Lipinski definition) is 1. The first-order valence-corrected chi connectivity index (χ1v) is 7.06. The van der Waals surface area contributed by atoms with Crippen molar-refractivity contribution in [3.05, 3.63) is 28.8 Å². The molecule has 0 heterocycles. The summed E-state index contributed by atoms with van der Waals surface area (Å²) in [5.41, 5.74) is 0.201. The third-order valence-corrected chi connectivity index (χ3v) is 3.79. The van der Waals surface area contributed by atoms with Crippen molar-refractivity contribution in [1.82, 2.24) is 0 Å². The van der Waals surface area contributed by atoms with Crippen molar-refractivity contribution in [3.63, 3.8) is 0 Å². The topological polar surface area (TPSA) is 54.4 Å². The van der Waals surface area contributed by atoms with Gasteiger partial charge in [-0.3, -0.25) is 0 Å². The van der Waals surface area contributed by atoms with Crippen LogP contribution < -0.4 is 0 Å². The van der Waals surface area contributed by atoms with Crippen molar-refractivity contribution in [1.29, 1.82) is 0 Å². The largest absolute Gasteiger partial charge is 0.395 e.